The monoisotopic (exact) mass is 205 g/mol. The van der Waals surface area contributed by atoms with Crippen molar-refractivity contribution < 1.29 is 9.68 Å². The number of hydrogen-bond donors (Lipinski definition) is 1. The van der Waals surface area contributed by atoms with Gasteiger partial charge in [0.15, 0.2) is 0 Å². The molecule has 1 N–H and O–H groups in total. The highest BCUT2D eigenvalue weighted by Gasteiger charge is 2.36. The second kappa shape index (κ2) is 4.35. The summed E-state index contributed by atoms with van der Waals surface area (Å²) in [5.41, 5.74) is 1.99. The molecular weight excluding hydrogens is 189 g/mol. The lowest BCUT2D eigenvalue weighted by Gasteiger charge is -2.26. The molecule has 1 atom stereocenters. The van der Waals surface area contributed by atoms with Crippen molar-refractivity contribution in [3.8, 4) is 0 Å². The molecule has 0 fully saturated rings. The average molecular weight is 205 g/mol. The lowest BCUT2D eigenvalue weighted by Crippen LogP contribution is -2.30. The lowest BCUT2D eigenvalue weighted by molar-refractivity contribution is 0.0278. The maximum absolute atomic E-state index is 9.74. The summed E-state index contributed by atoms with van der Waals surface area (Å²) in [4.78, 5) is 2.19. The zero-order chi connectivity index (χ0) is 10.8. The van der Waals surface area contributed by atoms with Crippen LogP contribution in [0.1, 0.15) is 25.6 Å². The molecule has 1 heterocycles. The predicted molar refractivity (Wildman–Crippen MR) is 60.8 cm³/mol. The zero-order valence-electron chi connectivity index (χ0n) is 9.18. The number of nitrogens with zero attached hydrogens (tertiary/aromatic N) is 1. The van der Waals surface area contributed by atoms with Gasteiger partial charge >= 0.3 is 7.12 Å². The molecule has 1 aliphatic rings. The fraction of sp³-hybridized carbons (Fsp3) is 0.455. The summed E-state index contributed by atoms with van der Waals surface area (Å²) in [5, 5.41) is 9.74. The molecule has 1 aromatic carbocycles. The van der Waals surface area contributed by atoms with E-state index in [1.54, 1.807) is 0 Å². The largest absolute Gasteiger partial charge is 0.492 e. The fourth-order valence-corrected chi connectivity index (χ4v) is 2.07. The molecular formula is C11H16BNO2. The first-order valence-corrected chi connectivity index (χ1v) is 5.44. The van der Waals surface area contributed by atoms with Gasteiger partial charge in [-0.2, -0.15) is 0 Å². The third-order valence-electron chi connectivity index (χ3n) is 2.93. The molecule has 1 aromatic rings. The van der Waals surface area contributed by atoms with Crippen molar-refractivity contribution in [2.45, 2.75) is 20.1 Å². The highest BCUT2D eigenvalue weighted by atomic mass is 16.5. The SMILES string of the molecule is CCN(CC)C1OB(O)c2ccccc21. The van der Waals surface area contributed by atoms with E-state index in [0.29, 0.717) is 0 Å². The Morgan fingerprint density at radius 2 is 2.00 bits per heavy atom. The van der Waals surface area contributed by atoms with Gasteiger partial charge in [-0.3, -0.25) is 4.90 Å². The average Bonchev–Trinajstić information content (AvgIpc) is 2.60. The first-order chi connectivity index (χ1) is 7.27. The molecule has 1 unspecified atom stereocenters. The maximum atomic E-state index is 9.74. The summed E-state index contributed by atoms with van der Waals surface area (Å²) in [6, 6.07) is 7.85. The molecule has 0 bridgehead atoms. The van der Waals surface area contributed by atoms with Crippen molar-refractivity contribution in [1.29, 1.82) is 0 Å². The summed E-state index contributed by atoms with van der Waals surface area (Å²) in [7, 11) is -0.771. The summed E-state index contributed by atoms with van der Waals surface area (Å²) in [5.74, 6) is 0. The standard InChI is InChI=1S/C11H16BNO2/c1-3-13(4-2)11-9-7-5-6-8-10(9)12(14)15-11/h5-8,11,14H,3-4H2,1-2H3. The minimum Gasteiger partial charge on any atom is -0.423 e. The first kappa shape index (κ1) is 10.7. The van der Waals surface area contributed by atoms with Crippen LogP contribution < -0.4 is 5.46 Å². The number of benzene rings is 1. The zero-order valence-corrected chi connectivity index (χ0v) is 9.18. The van der Waals surface area contributed by atoms with Crippen LogP contribution >= 0.6 is 0 Å². The van der Waals surface area contributed by atoms with Crippen molar-refractivity contribution in [2.24, 2.45) is 0 Å². The Labute approximate surface area is 90.8 Å². The van der Waals surface area contributed by atoms with Gasteiger partial charge in [0.1, 0.15) is 6.23 Å². The van der Waals surface area contributed by atoms with Gasteiger partial charge in [-0.25, -0.2) is 0 Å². The molecule has 2 rings (SSSR count). The van der Waals surface area contributed by atoms with Gasteiger partial charge in [-0.05, 0) is 24.1 Å². The van der Waals surface area contributed by atoms with Crippen molar-refractivity contribution in [1.82, 2.24) is 4.90 Å². The molecule has 0 saturated heterocycles. The second-order valence-corrected chi connectivity index (χ2v) is 3.69. The lowest BCUT2D eigenvalue weighted by atomic mass is 9.79. The van der Waals surface area contributed by atoms with E-state index in [1.807, 2.05) is 24.3 Å². The van der Waals surface area contributed by atoms with Gasteiger partial charge in [0.2, 0.25) is 0 Å². The Balaban J connectivity index is 2.31. The Morgan fingerprint density at radius 1 is 1.33 bits per heavy atom. The molecule has 80 valence electrons. The van der Waals surface area contributed by atoms with Gasteiger partial charge in [-0.1, -0.05) is 38.1 Å². The molecule has 0 aliphatic carbocycles. The summed E-state index contributed by atoms with van der Waals surface area (Å²) in [6.45, 7) is 6.03. The van der Waals surface area contributed by atoms with Crippen LogP contribution in [-0.4, -0.2) is 30.1 Å². The molecule has 0 saturated carbocycles. The van der Waals surface area contributed by atoms with E-state index in [4.69, 9.17) is 4.65 Å². The molecule has 0 radical (unpaired) electrons. The van der Waals surface area contributed by atoms with Crippen LogP contribution in [-0.2, 0) is 4.65 Å². The topological polar surface area (TPSA) is 32.7 Å². The van der Waals surface area contributed by atoms with Crippen LogP contribution in [0.25, 0.3) is 0 Å². The van der Waals surface area contributed by atoms with E-state index >= 15 is 0 Å². The molecule has 4 heteroatoms. The molecule has 0 amide bonds. The van der Waals surface area contributed by atoms with E-state index in [1.165, 1.54) is 0 Å². The quantitative estimate of drug-likeness (QED) is 0.739. The molecule has 0 spiro atoms. The van der Waals surface area contributed by atoms with Crippen LogP contribution in [0.4, 0.5) is 0 Å². The van der Waals surface area contributed by atoms with E-state index in [2.05, 4.69) is 18.7 Å². The van der Waals surface area contributed by atoms with Crippen LogP contribution in [0.3, 0.4) is 0 Å². The predicted octanol–water partition coefficient (Wildman–Crippen LogP) is 0.745. The van der Waals surface area contributed by atoms with Crippen molar-refractivity contribution in [3.05, 3.63) is 29.8 Å². The second-order valence-electron chi connectivity index (χ2n) is 3.69. The van der Waals surface area contributed by atoms with Crippen LogP contribution in [0.5, 0.6) is 0 Å². The van der Waals surface area contributed by atoms with E-state index in [9.17, 15) is 5.02 Å². The van der Waals surface area contributed by atoms with Crippen LogP contribution in [0.2, 0.25) is 0 Å². The Morgan fingerprint density at radius 3 is 2.67 bits per heavy atom. The molecule has 15 heavy (non-hydrogen) atoms. The Bertz CT molecular complexity index is 341. The van der Waals surface area contributed by atoms with Crippen LogP contribution in [0, 0.1) is 0 Å². The molecule has 0 aromatic heterocycles. The first-order valence-electron chi connectivity index (χ1n) is 5.44. The highest BCUT2D eigenvalue weighted by molar-refractivity contribution is 6.61. The normalized spacial score (nSPS) is 19.7. The number of hydrogen-bond acceptors (Lipinski definition) is 3. The van der Waals surface area contributed by atoms with Crippen molar-refractivity contribution >= 4 is 12.6 Å². The van der Waals surface area contributed by atoms with E-state index in [-0.39, 0.29) is 6.23 Å². The summed E-state index contributed by atoms with van der Waals surface area (Å²) < 4.78 is 5.56. The highest BCUT2D eigenvalue weighted by Crippen LogP contribution is 2.26. The van der Waals surface area contributed by atoms with Crippen LogP contribution in [0.15, 0.2) is 24.3 Å². The van der Waals surface area contributed by atoms with Gasteiger partial charge in [-0.15, -0.1) is 0 Å². The van der Waals surface area contributed by atoms with Gasteiger partial charge < -0.3 is 9.68 Å². The minimum absolute atomic E-state index is 0.0915. The Hall–Kier alpha value is -0.835. The van der Waals surface area contributed by atoms with Gasteiger partial charge in [0.25, 0.3) is 0 Å². The smallest absolute Gasteiger partial charge is 0.423 e. The minimum atomic E-state index is -0.771. The fourth-order valence-electron chi connectivity index (χ4n) is 2.07. The van der Waals surface area contributed by atoms with Crippen molar-refractivity contribution in [2.75, 3.05) is 13.1 Å². The van der Waals surface area contributed by atoms with Gasteiger partial charge in [0.05, 0.1) is 0 Å². The third kappa shape index (κ3) is 1.80. The summed E-state index contributed by atoms with van der Waals surface area (Å²) in [6.07, 6.45) is -0.0915. The van der Waals surface area contributed by atoms with E-state index in [0.717, 1.165) is 24.1 Å². The van der Waals surface area contributed by atoms with Gasteiger partial charge in [0, 0.05) is 0 Å². The molecule has 1 aliphatic heterocycles. The summed E-state index contributed by atoms with van der Waals surface area (Å²) >= 11 is 0. The van der Waals surface area contributed by atoms with E-state index < -0.39 is 7.12 Å². The maximum Gasteiger partial charge on any atom is 0.492 e. The number of rotatable bonds is 3. The molecule has 3 nitrogen and oxygen atoms in total. The Kier molecular flexibility index (Phi) is 3.10. The van der Waals surface area contributed by atoms with Crippen molar-refractivity contribution in [3.63, 3.8) is 0 Å². The number of fused-ring (bicyclic) bond motifs is 1. The third-order valence-corrected chi connectivity index (χ3v) is 2.93.